The molecule has 0 aromatic heterocycles. The Kier molecular flexibility index (Phi) is 3.62. The number of nitrogens with one attached hydrogen (secondary N) is 1. The van der Waals surface area contributed by atoms with Crippen molar-refractivity contribution >= 4 is 17.4 Å². The van der Waals surface area contributed by atoms with Gasteiger partial charge in [-0.1, -0.05) is 30.3 Å². The SMILES string of the molecule is CNC(=O)C=C(C(=O)O)c1ccccc1. The molecule has 4 heteroatoms. The minimum atomic E-state index is -1.12. The first kappa shape index (κ1) is 11.0. The molecule has 0 saturated heterocycles. The van der Waals surface area contributed by atoms with Crippen LogP contribution in [0.4, 0.5) is 0 Å². The van der Waals surface area contributed by atoms with Crippen molar-refractivity contribution in [3.8, 4) is 0 Å². The highest BCUT2D eigenvalue weighted by atomic mass is 16.4. The molecular weight excluding hydrogens is 194 g/mol. The third-order valence-electron chi connectivity index (χ3n) is 1.84. The summed E-state index contributed by atoms with van der Waals surface area (Å²) >= 11 is 0. The summed E-state index contributed by atoms with van der Waals surface area (Å²) < 4.78 is 0. The van der Waals surface area contributed by atoms with Crippen LogP contribution in [0.5, 0.6) is 0 Å². The first-order chi connectivity index (χ1) is 7.15. The van der Waals surface area contributed by atoms with E-state index in [1.165, 1.54) is 7.05 Å². The Labute approximate surface area is 87.2 Å². The molecule has 1 amide bonds. The summed E-state index contributed by atoms with van der Waals surface area (Å²) in [5.41, 5.74) is 0.489. The Morgan fingerprint density at radius 2 is 1.87 bits per heavy atom. The molecular formula is C11H11NO3. The zero-order valence-corrected chi connectivity index (χ0v) is 8.23. The number of amides is 1. The molecule has 0 heterocycles. The number of aliphatic carboxylic acids is 1. The lowest BCUT2D eigenvalue weighted by atomic mass is 10.1. The molecule has 2 N–H and O–H groups in total. The number of carboxylic acids is 1. The van der Waals surface area contributed by atoms with Gasteiger partial charge in [0, 0.05) is 13.1 Å². The lowest BCUT2D eigenvalue weighted by Crippen LogP contribution is -2.16. The Hall–Kier alpha value is -2.10. The van der Waals surface area contributed by atoms with Crippen LogP contribution in [0.25, 0.3) is 5.57 Å². The van der Waals surface area contributed by atoms with Gasteiger partial charge in [0.05, 0.1) is 5.57 Å². The molecule has 1 aromatic rings. The van der Waals surface area contributed by atoms with Gasteiger partial charge < -0.3 is 10.4 Å². The fourth-order valence-corrected chi connectivity index (χ4v) is 1.09. The van der Waals surface area contributed by atoms with Crippen LogP contribution in [-0.4, -0.2) is 24.0 Å². The van der Waals surface area contributed by atoms with Gasteiger partial charge in [-0.05, 0) is 5.56 Å². The molecule has 0 aliphatic carbocycles. The van der Waals surface area contributed by atoms with Gasteiger partial charge >= 0.3 is 5.97 Å². The van der Waals surface area contributed by atoms with Crippen LogP contribution < -0.4 is 5.32 Å². The lowest BCUT2D eigenvalue weighted by Gasteiger charge is -2.01. The zero-order chi connectivity index (χ0) is 11.3. The molecule has 0 bridgehead atoms. The van der Waals surface area contributed by atoms with E-state index < -0.39 is 11.9 Å². The predicted molar refractivity (Wildman–Crippen MR) is 56.1 cm³/mol. The maximum absolute atomic E-state index is 11.0. The minimum absolute atomic E-state index is 0.0186. The van der Waals surface area contributed by atoms with Gasteiger partial charge in [0.2, 0.25) is 5.91 Å². The topological polar surface area (TPSA) is 66.4 Å². The van der Waals surface area contributed by atoms with E-state index >= 15 is 0 Å². The molecule has 0 aliphatic rings. The first-order valence-electron chi connectivity index (χ1n) is 4.37. The summed E-state index contributed by atoms with van der Waals surface area (Å²) in [4.78, 5) is 22.0. The van der Waals surface area contributed by atoms with E-state index in [2.05, 4.69) is 5.32 Å². The van der Waals surface area contributed by atoms with Crippen LogP contribution in [0, 0.1) is 0 Å². The minimum Gasteiger partial charge on any atom is -0.478 e. The van der Waals surface area contributed by atoms with Crippen molar-refractivity contribution in [1.82, 2.24) is 5.32 Å². The Bertz CT molecular complexity index is 396. The molecule has 0 fully saturated rings. The quantitative estimate of drug-likeness (QED) is 0.720. The third kappa shape index (κ3) is 2.95. The van der Waals surface area contributed by atoms with Crippen molar-refractivity contribution in [1.29, 1.82) is 0 Å². The van der Waals surface area contributed by atoms with Crippen molar-refractivity contribution < 1.29 is 14.7 Å². The van der Waals surface area contributed by atoms with Crippen molar-refractivity contribution in [2.75, 3.05) is 7.05 Å². The highest BCUT2D eigenvalue weighted by Crippen LogP contribution is 2.13. The standard InChI is InChI=1S/C11H11NO3/c1-12-10(13)7-9(11(14)15)8-5-3-2-4-6-8/h2-7H,1H3,(H,12,13)(H,14,15). The maximum atomic E-state index is 11.0. The lowest BCUT2D eigenvalue weighted by molar-refractivity contribution is -0.130. The fraction of sp³-hybridized carbons (Fsp3) is 0.0909. The summed E-state index contributed by atoms with van der Waals surface area (Å²) in [5.74, 6) is -1.55. The second kappa shape index (κ2) is 4.95. The Morgan fingerprint density at radius 3 is 2.33 bits per heavy atom. The Balaban J connectivity index is 3.10. The number of carboxylic acid groups (broad SMARTS) is 1. The van der Waals surface area contributed by atoms with E-state index in [0.29, 0.717) is 5.56 Å². The van der Waals surface area contributed by atoms with Crippen LogP contribution in [0.1, 0.15) is 5.56 Å². The van der Waals surface area contributed by atoms with Gasteiger partial charge in [0.1, 0.15) is 0 Å². The molecule has 0 spiro atoms. The van der Waals surface area contributed by atoms with Crippen LogP contribution >= 0.6 is 0 Å². The number of carbonyl (C=O) groups is 2. The predicted octanol–water partition coefficient (Wildman–Crippen LogP) is 0.901. The molecule has 0 unspecified atom stereocenters. The number of carbonyl (C=O) groups excluding carboxylic acids is 1. The van der Waals surface area contributed by atoms with Gasteiger partial charge in [0.25, 0.3) is 0 Å². The van der Waals surface area contributed by atoms with Crippen LogP contribution in [0.15, 0.2) is 36.4 Å². The molecule has 15 heavy (non-hydrogen) atoms. The van der Waals surface area contributed by atoms with Crippen LogP contribution in [-0.2, 0) is 9.59 Å². The number of likely N-dealkylation sites (N-methyl/N-ethyl adjacent to an activating group) is 1. The summed E-state index contributed by atoms with van der Waals surface area (Å²) in [6.07, 6.45) is 1.07. The molecule has 0 radical (unpaired) electrons. The molecule has 0 atom stereocenters. The van der Waals surface area contributed by atoms with E-state index in [0.717, 1.165) is 6.08 Å². The molecule has 0 aliphatic heterocycles. The number of hydrogen-bond donors (Lipinski definition) is 2. The molecule has 1 aromatic carbocycles. The largest absolute Gasteiger partial charge is 0.478 e. The normalized spacial score (nSPS) is 10.9. The van der Waals surface area contributed by atoms with Gasteiger partial charge in [-0.2, -0.15) is 0 Å². The second-order valence-corrected chi connectivity index (χ2v) is 2.84. The van der Waals surface area contributed by atoms with Gasteiger partial charge in [-0.25, -0.2) is 4.79 Å². The summed E-state index contributed by atoms with van der Waals surface area (Å²) in [5, 5.41) is 11.3. The highest BCUT2D eigenvalue weighted by Gasteiger charge is 2.11. The monoisotopic (exact) mass is 205 g/mol. The summed E-state index contributed by atoms with van der Waals surface area (Å²) in [6, 6.07) is 8.50. The third-order valence-corrected chi connectivity index (χ3v) is 1.84. The van der Waals surface area contributed by atoms with Crippen LogP contribution in [0.3, 0.4) is 0 Å². The van der Waals surface area contributed by atoms with Gasteiger partial charge in [-0.3, -0.25) is 4.79 Å². The van der Waals surface area contributed by atoms with Crippen molar-refractivity contribution in [2.45, 2.75) is 0 Å². The second-order valence-electron chi connectivity index (χ2n) is 2.84. The van der Waals surface area contributed by atoms with Gasteiger partial charge in [-0.15, -0.1) is 0 Å². The smallest absolute Gasteiger partial charge is 0.336 e. The van der Waals surface area contributed by atoms with E-state index in [-0.39, 0.29) is 5.57 Å². The molecule has 78 valence electrons. The molecule has 0 saturated carbocycles. The number of benzene rings is 1. The van der Waals surface area contributed by atoms with E-state index in [1.54, 1.807) is 30.3 Å². The molecule has 4 nitrogen and oxygen atoms in total. The number of rotatable bonds is 3. The fourth-order valence-electron chi connectivity index (χ4n) is 1.09. The highest BCUT2D eigenvalue weighted by molar-refractivity contribution is 6.20. The maximum Gasteiger partial charge on any atom is 0.336 e. The van der Waals surface area contributed by atoms with Crippen molar-refractivity contribution in [3.05, 3.63) is 42.0 Å². The van der Waals surface area contributed by atoms with E-state index in [1.807, 2.05) is 0 Å². The van der Waals surface area contributed by atoms with Crippen molar-refractivity contribution in [2.24, 2.45) is 0 Å². The van der Waals surface area contributed by atoms with Gasteiger partial charge in [0.15, 0.2) is 0 Å². The Morgan fingerprint density at radius 1 is 1.27 bits per heavy atom. The average Bonchev–Trinajstić information content (AvgIpc) is 2.26. The number of hydrogen-bond acceptors (Lipinski definition) is 2. The first-order valence-corrected chi connectivity index (χ1v) is 4.37. The van der Waals surface area contributed by atoms with E-state index in [4.69, 9.17) is 5.11 Å². The van der Waals surface area contributed by atoms with E-state index in [9.17, 15) is 9.59 Å². The molecule has 1 rings (SSSR count). The average molecular weight is 205 g/mol. The zero-order valence-electron chi connectivity index (χ0n) is 8.23. The summed E-state index contributed by atoms with van der Waals surface area (Å²) in [7, 11) is 1.45. The summed E-state index contributed by atoms with van der Waals surface area (Å²) in [6.45, 7) is 0. The van der Waals surface area contributed by atoms with Crippen molar-refractivity contribution in [3.63, 3.8) is 0 Å². The van der Waals surface area contributed by atoms with Crippen LogP contribution in [0.2, 0.25) is 0 Å².